The number of halogens is 1. The van der Waals surface area contributed by atoms with Crippen LogP contribution in [0.5, 0.6) is 5.88 Å². The molecule has 1 aromatic carbocycles. The molecule has 1 unspecified atom stereocenters. The van der Waals surface area contributed by atoms with Gasteiger partial charge in [-0.05, 0) is 57.0 Å². The summed E-state index contributed by atoms with van der Waals surface area (Å²) >= 11 is 0. The van der Waals surface area contributed by atoms with E-state index >= 15 is 0 Å². The monoisotopic (exact) mass is 498 g/mol. The molecule has 0 aliphatic carbocycles. The molecular weight excluding hydrogens is 468 g/mol. The Labute approximate surface area is 200 Å². The highest BCUT2D eigenvalue weighted by atomic mass is 35.5. The Morgan fingerprint density at radius 1 is 1.39 bits per heavy atom. The number of aromatic nitrogens is 2. The van der Waals surface area contributed by atoms with E-state index in [1.165, 1.54) is 12.1 Å². The summed E-state index contributed by atoms with van der Waals surface area (Å²) in [6.07, 6.45) is 5.30. The molecule has 1 aliphatic rings. The predicted octanol–water partition coefficient (Wildman–Crippen LogP) is 2.86. The van der Waals surface area contributed by atoms with Gasteiger partial charge in [0, 0.05) is 31.3 Å². The molecular formula is C22H31ClN4O5S. The SMILES string of the molecule is CC(C)Oc1cc(NC(=O)c2cccc(S(=O)(=O)CC=CN3CCCC(CO)C3)c2)[nH]n1.Cl. The van der Waals surface area contributed by atoms with Crippen LogP contribution < -0.4 is 10.1 Å². The van der Waals surface area contributed by atoms with Gasteiger partial charge >= 0.3 is 0 Å². The van der Waals surface area contributed by atoms with Crippen LogP contribution in [0.4, 0.5) is 5.82 Å². The molecule has 3 N–H and O–H groups in total. The molecule has 2 aromatic rings. The summed E-state index contributed by atoms with van der Waals surface area (Å²) in [5, 5.41) is 18.6. The van der Waals surface area contributed by atoms with Crippen molar-refractivity contribution in [1.82, 2.24) is 15.1 Å². The van der Waals surface area contributed by atoms with Gasteiger partial charge in [-0.2, -0.15) is 0 Å². The van der Waals surface area contributed by atoms with Crippen molar-refractivity contribution in [3.05, 3.63) is 48.2 Å². The summed E-state index contributed by atoms with van der Waals surface area (Å²) in [5.41, 5.74) is 0.220. The second-order valence-corrected chi connectivity index (χ2v) is 10.2. The highest BCUT2D eigenvalue weighted by Gasteiger charge is 2.18. The number of aromatic amines is 1. The number of carbonyl (C=O) groups is 1. The number of benzene rings is 1. The summed E-state index contributed by atoms with van der Waals surface area (Å²) < 4.78 is 31.0. The number of hydrogen-bond donors (Lipinski definition) is 3. The van der Waals surface area contributed by atoms with Crippen molar-refractivity contribution in [3.8, 4) is 5.88 Å². The maximum atomic E-state index is 12.8. The van der Waals surface area contributed by atoms with Gasteiger partial charge in [0.1, 0.15) is 5.82 Å². The van der Waals surface area contributed by atoms with Crippen LogP contribution in [0.1, 0.15) is 37.0 Å². The second-order valence-electron chi connectivity index (χ2n) is 8.12. The molecule has 1 aliphatic heterocycles. The maximum Gasteiger partial charge on any atom is 0.256 e. The first kappa shape index (κ1) is 26.7. The summed E-state index contributed by atoms with van der Waals surface area (Å²) in [6.45, 7) is 5.45. The van der Waals surface area contributed by atoms with Gasteiger partial charge in [0.2, 0.25) is 5.88 Å². The van der Waals surface area contributed by atoms with Crippen LogP contribution in [0.3, 0.4) is 0 Å². The van der Waals surface area contributed by atoms with Gasteiger partial charge in [-0.25, -0.2) is 8.42 Å². The third-order valence-corrected chi connectivity index (χ3v) is 6.66. The number of H-pyrrole nitrogens is 1. The van der Waals surface area contributed by atoms with Crippen LogP contribution in [0.2, 0.25) is 0 Å². The number of sulfone groups is 1. The van der Waals surface area contributed by atoms with Crippen LogP contribution in [0.15, 0.2) is 47.5 Å². The van der Waals surface area contributed by atoms with Crippen molar-refractivity contribution in [2.75, 3.05) is 30.8 Å². The first-order chi connectivity index (χ1) is 15.3. The maximum absolute atomic E-state index is 12.8. The fraction of sp³-hybridized carbons (Fsp3) is 0.455. The number of ether oxygens (including phenoxy) is 1. The fourth-order valence-electron chi connectivity index (χ4n) is 3.49. The van der Waals surface area contributed by atoms with E-state index < -0.39 is 15.7 Å². The van der Waals surface area contributed by atoms with Crippen LogP contribution in [0, 0.1) is 5.92 Å². The standard InChI is InChI=1S/C22H30N4O5S.ClH/c1-16(2)31-21-13-20(24-25-21)23-22(28)18-7-3-8-19(12-18)32(29,30)11-5-10-26-9-4-6-17(14-26)15-27;/h3,5,7-8,10,12-13,16-17,27H,4,6,9,11,14-15H2,1-2H3,(H2,23,24,25,28);1H. The Kier molecular flexibility index (Phi) is 9.75. The number of anilines is 1. The molecule has 182 valence electrons. The lowest BCUT2D eigenvalue weighted by molar-refractivity contribution is 0.102. The first-order valence-corrected chi connectivity index (χ1v) is 12.3. The second kappa shape index (κ2) is 12.1. The minimum atomic E-state index is -3.60. The molecule has 0 spiro atoms. The minimum Gasteiger partial charge on any atom is -0.474 e. The van der Waals surface area contributed by atoms with Crippen molar-refractivity contribution in [2.45, 2.75) is 37.7 Å². The fourth-order valence-corrected chi connectivity index (χ4v) is 4.62. The highest BCUT2D eigenvalue weighted by molar-refractivity contribution is 7.91. The molecule has 1 amide bonds. The van der Waals surface area contributed by atoms with E-state index in [0.717, 1.165) is 25.9 Å². The lowest BCUT2D eigenvalue weighted by atomic mass is 9.99. The number of nitrogens with zero attached hydrogens (tertiary/aromatic N) is 2. The molecule has 33 heavy (non-hydrogen) atoms. The molecule has 0 bridgehead atoms. The molecule has 1 fully saturated rings. The number of piperidine rings is 1. The van der Waals surface area contributed by atoms with E-state index in [-0.39, 0.29) is 47.2 Å². The highest BCUT2D eigenvalue weighted by Crippen LogP contribution is 2.19. The zero-order chi connectivity index (χ0) is 23.1. The van der Waals surface area contributed by atoms with Gasteiger partial charge in [-0.1, -0.05) is 12.1 Å². The Morgan fingerprint density at radius 3 is 2.91 bits per heavy atom. The van der Waals surface area contributed by atoms with E-state index in [0.29, 0.717) is 11.7 Å². The molecule has 1 saturated heterocycles. The zero-order valence-electron chi connectivity index (χ0n) is 18.7. The van der Waals surface area contributed by atoms with Crippen LogP contribution in [0.25, 0.3) is 0 Å². The van der Waals surface area contributed by atoms with Gasteiger partial charge in [0.05, 0.1) is 16.8 Å². The van der Waals surface area contributed by atoms with Crippen LogP contribution in [-0.4, -0.2) is 66.1 Å². The molecule has 11 heteroatoms. The van der Waals surface area contributed by atoms with Crippen LogP contribution in [-0.2, 0) is 9.84 Å². The summed E-state index contributed by atoms with van der Waals surface area (Å²) in [6, 6.07) is 7.50. The third kappa shape index (κ3) is 7.76. The zero-order valence-corrected chi connectivity index (χ0v) is 20.4. The van der Waals surface area contributed by atoms with Gasteiger partial charge in [0.15, 0.2) is 9.84 Å². The summed E-state index contributed by atoms with van der Waals surface area (Å²) in [7, 11) is -3.60. The predicted molar refractivity (Wildman–Crippen MR) is 129 cm³/mol. The van der Waals surface area contributed by atoms with Crippen molar-refractivity contribution in [2.24, 2.45) is 5.92 Å². The number of hydrogen-bond acceptors (Lipinski definition) is 7. The number of carbonyl (C=O) groups excluding carboxylic acids is 1. The number of amides is 1. The molecule has 3 rings (SSSR count). The average Bonchev–Trinajstić information content (AvgIpc) is 3.19. The van der Waals surface area contributed by atoms with E-state index in [1.54, 1.807) is 30.5 Å². The van der Waals surface area contributed by atoms with E-state index in [1.807, 2.05) is 18.7 Å². The van der Waals surface area contributed by atoms with E-state index in [4.69, 9.17) is 4.74 Å². The lowest BCUT2D eigenvalue weighted by Gasteiger charge is -2.30. The lowest BCUT2D eigenvalue weighted by Crippen LogP contribution is -2.33. The van der Waals surface area contributed by atoms with Crippen LogP contribution >= 0.6 is 12.4 Å². The summed E-state index contributed by atoms with van der Waals surface area (Å²) in [5.74, 6) is 0.306. The number of aliphatic hydroxyl groups excluding tert-OH is 1. The molecule has 0 saturated carbocycles. The molecule has 1 atom stereocenters. The molecule has 0 radical (unpaired) electrons. The first-order valence-electron chi connectivity index (χ1n) is 10.6. The number of rotatable bonds is 9. The number of aliphatic hydroxyl groups is 1. The average molecular weight is 499 g/mol. The van der Waals surface area contributed by atoms with Gasteiger partial charge < -0.3 is 20.1 Å². The Bertz CT molecular complexity index is 1050. The largest absolute Gasteiger partial charge is 0.474 e. The number of nitrogens with one attached hydrogen (secondary N) is 2. The van der Waals surface area contributed by atoms with Gasteiger partial charge in [-0.3, -0.25) is 9.89 Å². The number of likely N-dealkylation sites (tertiary alicyclic amines) is 1. The minimum absolute atomic E-state index is 0. The van der Waals surface area contributed by atoms with Gasteiger partial charge in [0.25, 0.3) is 5.91 Å². The normalized spacial score (nSPS) is 16.6. The Hall–Kier alpha value is -2.56. The van der Waals surface area contributed by atoms with E-state index in [2.05, 4.69) is 15.5 Å². The molecule has 2 heterocycles. The van der Waals surface area contributed by atoms with Crippen molar-refractivity contribution in [1.29, 1.82) is 0 Å². The topological polar surface area (TPSA) is 125 Å². The quantitative estimate of drug-likeness (QED) is 0.485. The Balaban J connectivity index is 0.00000385. The van der Waals surface area contributed by atoms with E-state index in [9.17, 15) is 18.3 Å². The Morgan fingerprint density at radius 2 is 2.18 bits per heavy atom. The molecule has 1 aromatic heterocycles. The molecule has 9 nitrogen and oxygen atoms in total. The third-order valence-electron chi connectivity index (χ3n) is 5.05. The van der Waals surface area contributed by atoms with Crippen molar-refractivity contribution < 1.29 is 23.1 Å². The van der Waals surface area contributed by atoms with Crippen molar-refractivity contribution in [3.63, 3.8) is 0 Å². The smallest absolute Gasteiger partial charge is 0.256 e. The van der Waals surface area contributed by atoms with Crippen molar-refractivity contribution >= 4 is 34.0 Å². The van der Waals surface area contributed by atoms with Gasteiger partial charge in [-0.15, -0.1) is 17.5 Å². The summed E-state index contributed by atoms with van der Waals surface area (Å²) in [4.78, 5) is 14.7.